The zero-order chi connectivity index (χ0) is 26.9. The van der Waals surface area contributed by atoms with E-state index in [1.165, 1.54) is 19.1 Å². The van der Waals surface area contributed by atoms with E-state index in [2.05, 4.69) is 26.1 Å². The number of hydrogen-bond donors (Lipinski definition) is 1. The van der Waals surface area contributed by atoms with Crippen molar-refractivity contribution in [3.63, 3.8) is 0 Å². The summed E-state index contributed by atoms with van der Waals surface area (Å²) in [6.45, 7) is 9.11. The zero-order valence-electron chi connectivity index (χ0n) is 21.9. The van der Waals surface area contributed by atoms with Gasteiger partial charge in [0.25, 0.3) is 10.1 Å². The van der Waals surface area contributed by atoms with Crippen LogP contribution in [0.3, 0.4) is 0 Å². The van der Waals surface area contributed by atoms with E-state index in [1.54, 1.807) is 12.1 Å². The molecule has 1 saturated carbocycles. The van der Waals surface area contributed by atoms with Crippen LogP contribution in [0.2, 0.25) is 0 Å². The van der Waals surface area contributed by atoms with Crippen molar-refractivity contribution < 1.29 is 41.1 Å². The second kappa shape index (κ2) is 11.3. The fraction of sp³-hybridized carbons (Fsp3) is 0.692. The maximum absolute atomic E-state index is 12.8. The minimum Gasteiger partial charge on any atom is -0.456 e. The Kier molecular flexibility index (Phi) is 8.47. The third-order valence-corrected chi connectivity index (χ3v) is 8.74. The molecule has 0 radical (unpaired) electrons. The van der Waals surface area contributed by atoms with Crippen LogP contribution in [0.15, 0.2) is 29.2 Å². The van der Waals surface area contributed by atoms with Gasteiger partial charge in [-0.25, -0.2) is 4.79 Å². The number of ether oxygens (including phenoxy) is 4. The molecule has 1 aromatic carbocycles. The monoisotopic (exact) mass is 539 g/mol. The second-order valence-corrected chi connectivity index (χ2v) is 12.3. The zero-order valence-corrected chi connectivity index (χ0v) is 22.7. The van der Waals surface area contributed by atoms with E-state index in [4.69, 9.17) is 23.1 Å². The van der Waals surface area contributed by atoms with Crippen LogP contribution >= 0.6 is 0 Å². The van der Waals surface area contributed by atoms with Crippen molar-refractivity contribution in [1.29, 1.82) is 0 Å². The van der Waals surface area contributed by atoms with E-state index in [1.807, 2.05) is 6.92 Å². The summed E-state index contributed by atoms with van der Waals surface area (Å²) in [5.74, 6) is 0.543. The molecule has 206 valence electrons. The number of carbonyl (C=O) groups excluding carboxylic acids is 2. The normalized spacial score (nSPS) is 33.9. The van der Waals surface area contributed by atoms with E-state index in [9.17, 15) is 18.0 Å². The van der Waals surface area contributed by atoms with Gasteiger partial charge in [0.15, 0.2) is 18.5 Å². The molecular weight excluding hydrogens is 502 g/mol. The number of hydrogen-bond acceptors (Lipinski definition) is 9. The Bertz CT molecular complexity index is 1070. The van der Waals surface area contributed by atoms with Crippen LogP contribution in [0.25, 0.3) is 0 Å². The lowest BCUT2D eigenvalue weighted by atomic mass is 9.75. The minimum absolute atomic E-state index is 0.00597. The van der Waals surface area contributed by atoms with E-state index < -0.39 is 59.4 Å². The second-order valence-electron chi connectivity index (χ2n) is 10.7. The van der Waals surface area contributed by atoms with Crippen molar-refractivity contribution in [2.75, 3.05) is 6.61 Å². The Morgan fingerprint density at radius 2 is 1.89 bits per heavy atom. The van der Waals surface area contributed by atoms with Crippen LogP contribution in [0.1, 0.15) is 52.5 Å². The van der Waals surface area contributed by atoms with Crippen LogP contribution in [0.4, 0.5) is 4.79 Å². The summed E-state index contributed by atoms with van der Waals surface area (Å²) < 4.78 is 54.6. The quantitative estimate of drug-likeness (QED) is 0.391. The van der Waals surface area contributed by atoms with Gasteiger partial charge in [0.2, 0.25) is 0 Å². The summed E-state index contributed by atoms with van der Waals surface area (Å²) in [7, 11) is -4.12. The Labute approximate surface area is 218 Å². The van der Waals surface area contributed by atoms with Crippen molar-refractivity contribution >= 4 is 22.2 Å². The first-order valence-electron chi connectivity index (χ1n) is 12.9. The molecule has 0 aromatic heterocycles. The maximum Gasteiger partial charge on any atom is 0.408 e. The highest BCUT2D eigenvalue weighted by molar-refractivity contribution is 7.86. The highest BCUT2D eigenvalue weighted by Gasteiger charge is 2.55. The number of aryl methyl sites for hydroxylation is 1. The van der Waals surface area contributed by atoms with Gasteiger partial charge >= 0.3 is 12.1 Å². The van der Waals surface area contributed by atoms with Gasteiger partial charge in [-0.2, -0.15) is 8.42 Å². The molecule has 2 saturated heterocycles. The molecule has 2 aliphatic heterocycles. The highest BCUT2D eigenvalue weighted by Crippen LogP contribution is 2.38. The lowest BCUT2D eigenvalue weighted by Gasteiger charge is -2.44. The van der Waals surface area contributed by atoms with E-state index in [0.29, 0.717) is 17.8 Å². The molecule has 10 nitrogen and oxygen atoms in total. The van der Waals surface area contributed by atoms with Crippen LogP contribution < -0.4 is 5.32 Å². The number of alkyl carbamates (subject to hydrolysis) is 1. The summed E-state index contributed by atoms with van der Waals surface area (Å²) in [5, 5.41) is 2.72. The molecule has 37 heavy (non-hydrogen) atoms. The minimum atomic E-state index is -4.12. The molecule has 1 aliphatic carbocycles. The average molecular weight is 540 g/mol. The van der Waals surface area contributed by atoms with Gasteiger partial charge in [-0.3, -0.25) is 8.98 Å². The SMILES string of the molecule is CC(=O)O[C@H]1[C@@H]2OC(=O)N[C@@H]2[C@@H](O[C@@H]2C[C@H](C)CC[C@H]2C(C)C)O[C@@H]1COS(=O)(=O)c1ccc(C)cc1. The first-order valence-corrected chi connectivity index (χ1v) is 14.3. The number of esters is 1. The topological polar surface area (TPSA) is 126 Å². The Morgan fingerprint density at radius 3 is 2.54 bits per heavy atom. The van der Waals surface area contributed by atoms with Crippen LogP contribution in [-0.4, -0.2) is 63.8 Å². The smallest absolute Gasteiger partial charge is 0.408 e. The predicted octanol–water partition coefficient (Wildman–Crippen LogP) is 3.31. The molecule has 0 spiro atoms. The van der Waals surface area contributed by atoms with Gasteiger partial charge in [0.1, 0.15) is 12.1 Å². The number of nitrogens with one attached hydrogen (secondary N) is 1. The third-order valence-electron chi connectivity index (χ3n) is 7.44. The lowest BCUT2D eigenvalue weighted by Crippen LogP contribution is -2.62. The van der Waals surface area contributed by atoms with Gasteiger partial charge in [0, 0.05) is 6.92 Å². The molecule has 0 unspecified atom stereocenters. The van der Waals surface area contributed by atoms with Gasteiger partial charge < -0.3 is 24.3 Å². The molecule has 3 fully saturated rings. The molecule has 4 rings (SSSR count). The first kappa shape index (κ1) is 27.8. The van der Waals surface area contributed by atoms with Crippen LogP contribution in [-0.2, 0) is 38.0 Å². The largest absolute Gasteiger partial charge is 0.456 e. The molecule has 1 amide bonds. The molecule has 1 N–H and O–H groups in total. The lowest BCUT2D eigenvalue weighted by molar-refractivity contribution is -0.282. The summed E-state index contributed by atoms with van der Waals surface area (Å²) in [6.07, 6.45) is -1.83. The standard InChI is InChI=1S/C26H37NO9S/c1-14(2)19-11-8-16(4)12-20(19)34-25-22-24(36-26(29)27-22)23(33-17(5)28)21(35-25)13-32-37(30,31)18-9-6-15(3)7-10-18/h6-7,9-10,14,16,19-25H,8,11-13H2,1-5H3,(H,27,29)/t16-,19+,20-,21-,22+,23-,24-,25+/m1/s1. The molecule has 0 bridgehead atoms. The van der Waals surface area contributed by atoms with E-state index in [-0.39, 0.29) is 11.0 Å². The Hall–Kier alpha value is -2.21. The van der Waals surface area contributed by atoms with Gasteiger partial charge in [-0.05, 0) is 49.7 Å². The number of carbonyl (C=O) groups is 2. The molecule has 11 heteroatoms. The third kappa shape index (κ3) is 6.45. The number of benzene rings is 1. The number of rotatable bonds is 8. The Balaban J connectivity index is 1.56. The van der Waals surface area contributed by atoms with Gasteiger partial charge in [0.05, 0.1) is 17.6 Å². The van der Waals surface area contributed by atoms with Crippen LogP contribution in [0, 0.1) is 24.7 Å². The summed E-state index contributed by atoms with van der Waals surface area (Å²) in [5.41, 5.74) is 0.905. The highest BCUT2D eigenvalue weighted by atomic mass is 32.2. The Morgan fingerprint density at radius 1 is 1.19 bits per heavy atom. The first-order chi connectivity index (χ1) is 17.4. The fourth-order valence-corrected chi connectivity index (χ4v) is 6.37. The van der Waals surface area contributed by atoms with E-state index >= 15 is 0 Å². The average Bonchev–Trinajstić information content (AvgIpc) is 3.21. The summed E-state index contributed by atoms with van der Waals surface area (Å²) >= 11 is 0. The fourth-order valence-electron chi connectivity index (χ4n) is 5.45. The van der Waals surface area contributed by atoms with Crippen molar-refractivity contribution in [2.45, 2.75) is 95.5 Å². The molecule has 8 atom stereocenters. The molecule has 2 heterocycles. The van der Waals surface area contributed by atoms with Crippen molar-refractivity contribution in [1.82, 2.24) is 5.32 Å². The van der Waals surface area contributed by atoms with Crippen molar-refractivity contribution in [2.24, 2.45) is 17.8 Å². The van der Waals surface area contributed by atoms with Gasteiger partial charge in [-0.1, -0.05) is 44.9 Å². The molecule has 3 aliphatic rings. The van der Waals surface area contributed by atoms with Crippen molar-refractivity contribution in [3.05, 3.63) is 29.8 Å². The summed E-state index contributed by atoms with van der Waals surface area (Å²) in [4.78, 5) is 24.1. The maximum atomic E-state index is 12.8. The van der Waals surface area contributed by atoms with Crippen LogP contribution in [0.5, 0.6) is 0 Å². The predicted molar refractivity (Wildman–Crippen MR) is 132 cm³/mol. The number of fused-ring (bicyclic) bond motifs is 1. The van der Waals surface area contributed by atoms with Gasteiger partial charge in [-0.15, -0.1) is 0 Å². The molecular formula is C26H37NO9S. The van der Waals surface area contributed by atoms with E-state index in [0.717, 1.165) is 24.8 Å². The molecule has 1 aromatic rings. The number of amides is 1. The summed E-state index contributed by atoms with van der Waals surface area (Å²) in [6, 6.07) is 5.52. The van der Waals surface area contributed by atoms with Crippen molar-refractivity contribution in [3.8, 4) is 0 Å².